The zero-order chi connectivity index (χ0) is 9.68. The zero-order valence-corrected chi connectivity index (χ0v) is 9.30. The number of methoxy groups -OCH3 is 2. The van der Waals surface area contributed by atoms with Crippen LogP contribution in [-0.4, -0.2) is 24.5 Å². The van der Waals surface area contributed by atoms with Crippen molar-refractivity contribution in [2.24, 2.45) is 0 Å². The molecule has 1 aromatic rings. The number of hydrogen-bond donors (Lipinski definition) is 0. The van der Waals surface area contributed by atoms with E-state index in [1.54, 1.807) is 20.4 Å². The van der Waals surface area contributed by atoms with Crippen LogP contribution in [0.5, 0.6) is 11.6 Å². The summed E-state index contributed by atoms with van der Waals surface area (Å²) in [6, 6.07) is 1.83. The van der Waals surface area contributed by atoms with Crippen LogP contribution in [0.1, 0.15) is 5.56 Å². The maximum absolute atomic E-state index is 5.20. The smallest absolute Gasteiger partial charge is 0.220 e. The van der Waals surface area contributed by atoms with Crippen LogP contribution in [0.2, 0.25) is 0 Å². The van der Waals surface area contributed by atoms with E-state index in [-0.39, 0.29) is 0 Å². The second-order valence-corrected chi connectivity index (χ2v) is 3.23. The van der Waals surface area contributed by atoms with Gasteiger partial charge in [0.2, 0.25) is 5.88 Å². The maximum atomic E-state index is 5.20. The number of hydrogen-bond acceptors (Lipinski definition) is 3. The largest absolute Gasteiger partial charge is 0.496 e. The molecule has 0 aliphatic carbocycles. The van der Waals surface area contributed by atoms with Gasteiger partial charge in [0.15, 0.2) is 0 Å². The molecule has 0 amide bonds. The normalized spacial score (nSPS) is 9.77. The van der Waals surface area contributed by atoms with Gasteiger partial charge in [0.25, 0.3) is 0 Å². The lowest BCUT2D eigenvalue weighted by atomic mass is 10.2. The second-order valence-electron chi connectivity index (χ2n) is 2.44. The summed E-state index contributed by atoms with van der Waals surface area (Å²) in [5.41, 5.74) is 1.00. The fourth-order valence-electron chi connectivity index (χ4n) is 1.15. The van der Waals surface area contributed by atoms with Gasteiger partial charge in [0, 0.05) is 11.5 Å². The van der Waals surface area contributed by atoms with E-state index in [0.29, 0.717) is 5.88 Å². The van der Waals surface area contributed by atoms with Crippen molar-refractivity contribution < 1.29 is 9.47 Å². The number of alkyl halides is 1. The topological polar surface area (TPSA) is 31.4 Å². The van der Waals surface area contributed by atoms with Gasteiger partial charge in [-0.1, -0.05) is 15.9 Å². The fraction of sp³-hybridized carbons (Fsp3) is 0.444. The summed E-state index contributed by atoms with van der Waals surface area (Å²) in [5.74, 6) is 1.46. The second kappa shape index (κ2) is 5.07. The van der Waals surface area contributed by atoms with E-state index in [2.05, 4.69) is 20.9 Å². The number of pyridine rings is 1. The van der Waals surface area contributed by atoms with Gasteiger partial charge in [-0.25, -0.2) is 4.98 Å². The van der Waals surface area contributed by atoms with Crippen molar-refractivity contribution in [2.45, 2.75) is 6.42 Å². The number of ether oxygens (including phenoxy) is 2. The minimum Gasteiger partial charge on any atom is -0.496 e. The van der Waals surface area contributed by atoms with Crippen molar-refractivity contribution in [3.8, 4) is 11.6 Å². The lowest BCUT2D eigenvalue weighted by Crippen LogP contribution is -1.99. The molecule has 72 valence electrons. The van der Waals surface area contributed by atoms with Crippen molar-refractivity contribution in [3.05, 3.63) is 17.8 Å². The Morgan fingerprint density at radius 1 is 1.38 bits per heavy atom. The summed E-state index contributed by atoms with van der Waals surface area (Å²) in [6.45, 7) is 0. The molecule has 1 rings (SSSR count). The molecular formula is C9H12BrNO2. The predicted molar refractivity (Wildman–Crippen MR) is 54.8 cm³/mol. The van der Waals surface area contributed by atoms with E-state index in [1.807, 2.05) is 6.07 Å². The summed E-state index contributed by atoms with van der Waals surface area (Å²) in [7, 11) is 3.26. The van der Waals surface area contributed by atoms with Crippen molar-refractivity contribution in [1.82, 2.24) is 4.98 Å². The molecule has 4 heteroatoms. The van der Waals surface area contributed by atoms with Crippen LogP contribution < -0.4 is 9.47 Å². The minimum absolute atomic E-state index is 0.638. The molecule has 0 aliphatic rings. The van der Waals surface area contributed by atoms with Gasteiger partial charge in [-0.2, -0.15) is 0 Å². The monoisotopic (exact) mass is 245 g/mol. The van der Waals surface area contributed by atoms with E-state index >= 15 is 0 Å². The lowest BCUT2D eigenvalue weighted by molar-refractivity contribution is 0.374. The molecule has 0 saturated carbocycles. The van der Waals surface area contributed by atoms with Crippen LogP contribution in [0, 0.1) is 0 Å². The van der Waals surface area contributed by atoms with Crippen LogP contribution in [0.25, 0.3) is 0 Å². The molecule has 0 radical (unpaired) electrons. The third-order valence-corrected chi connectivity index (χ3v) is 2.13. The average Bonchev–Trinajstić information content (AvgIpc) is 2.18. The van der Waals surface area contributed by atoms with Crippen LogP contribution >= 0.6 is 15.9 Å². The van der Waals surface area contributed by atoms with Gasteiger partial charge in [0.05, 0.1) is 19.8 Å². The molecule has 13 heavy (non-hydrogen) atoms. The van der Waals surface area contributed by atoms with E-state index in [9.17, 15) is 0 Å². The van der Waals surface area contributed by atoms with Crippen molar-refractivity contribution in [3.63, 3.8) is 0 Å². The van der Waals surface area contributed by atoms with Gasteiger partial charge >= 0.3 is 0 Å². The number of nitrogens with zero attached hydrogens (tertiary/aromatic N) is 1. The Balaban J connectivity index is 3.05. The van der Waals surface area contributed by atoms with E-state index in [1.165, 1.54) is 0 Å². The minimum atomic E-state index is 0.638. The summed E-state index contributed by atoms with van der Waals surface area (Å²) >= 11 is 3.37. The molecule has 0 unspecified atom stereocenters. The molecule has 0 fully saturated rings. The van der Waals surface area contributed by atoms with Crippen LogP contribution in [-0.2, 0) is 6.42 Å². The van der Waals surface area contributed by atoms with Crippen LogP contribution in [0.15, 0.2) is 12.3 Å². The molecule has 0 aromatic carbocycles. The SMILES string of the molecule is COc1ccnc(OC)c1CCBr. The summed E-state index contributed by atoms with van der Waals surface area (Å²) < 4.78 is 10.3. The van der Waals surface area contributed by atoms with E-state index < -0.39 is 0 Å². The molecule has 1 heterocycles. The molecule has 0 atom stereocenters. The van der Waals surface area contributed by atoms with Crippen LogP contribution in [0.4, 0.5) is 0 Å². The molecule has 0 spiro atoms. The predicted octanol–water partition coefficient (Wildman–Crippen LogP) is 2.04. The standard InChI is InChI=1S/C9H12BrNO2/c1-12-8-4-6-11-9(13-2)7(8)3-5-10/h4,6H,3,5H2,1-2H3. The lowest BCUT2D eigenvalue weighted by Gasteiger charge is -2.10. The third kappa shape index (κ3) is 2.34. The molecule has 0 N–H and O–H groups in total. The Morgan fingerprint density at radius 2 is 2.15 bits per heavy atom. The Labute approximate surface area is 86.2 Å². The Hall–Kier alpha value is -0.770. The first kappa shape index (κ1) is 10.3. The van der Waals surface area contributed by atoms with Gasteiger partial charge in [0.1, 0.15) is 5.75 Å². The Kier molecular flexibility index (Phi) is 4.02. The van der Waals surface area contributed by atoms with Crippen molar-refractivity contribution in [1.29, 1.82) is 0 Å². The van der Waals surface area contributed by atoms with Gasteiger partial charge in [-0.05, 0) is 12.5 Å². The molecule has 3 nitrogen and oxygen atoms in total. The van der Waals surface area contributed by atoms with Crippen LogP contribution in [0.3, 0.4) is 0 Å². The number of rotatable bonds is 4. The van der Waals surface area contributed by atoms with Gasteiger partial charge < -0.3 is 9.47 Å². The molecular weight excluding hydrogens is 234 g/mol. The van der Waals surface area contributed by atoms with Crippen molar-refractivity contribution >= 4 is 15.9 Å². The summed E-state index contributed by atoms with van der Waals surface area (Å²) in [5, 5.41) is 0.866. The zero-order valence-electron chi connectivity index (χ0n) is 7.71. The Morgan fingerprint density at radius 3 is 2.69 bits per heavy atom. The average molecular weight is 246 g/mol. The molecule has 0 bridgehead atoms. The van der Waals surface area contributed by atoms with Gasteiger partial charge in [-0.15, -0.1) is 0 Å². The maximum Gasteiger partial charge on any atom is 0.220 e. The van der Waals surface area contributed by atoms with E-state index in [0.717, 1.165) is 23.1 Å². The van der Waals surface area contributed by atoms with Crippen molar-refractivity contribution in [2.75, 3.05) is 19.5 Å². The highest BCUT2D eigenvalue weighted by Crippen LogP contribution is 2.26. The quantitative estimate of drug-likeness (QED) is 0.762. The first-order valence-electron chi connectivity index (χ1n) is 3.95. The first-order chi connectivity index (χ1) is 6.33. The molecule has 0 saturated heterocycles. The highest BCUT2D eigenvalue weighted by atomic mass is 79.9. The molecule has 0 aliphatic heterocycles. The summed E-state index contributed by atoms with van der Waals surface area (Å²) in [6.07, 6.45) is 2.52. The van der Waals surface area contributed by atoms with Gasteiger partial charge in [-0.3, -0.25) is 0 Å². The third-order valence-electron chi connectivity index (χ3n) is 1.73. The number of aromatic nitrogens is 1. The highest BCUT2D eigenvalue weighted by molar-refractivity contribution is 9.09. The highest BCUT2D eigenvalue weighted by Gasteiger charge is 2.09. The molecule has 1 aromatic heterocycles. The summed E-state index contributed by atoms with van der Waals surface area (Å²) in [4.78, 5) is 4.10. The Bertz CT molecular complexity index is 256. The van der Waals surface area contributed by atoms with E-state index in [4.69, 9.17) is 9.47 Å². The number of halogens is 1. The fourth-order valence-corrected chi connectivity index (χ4v) is 1.54. The first-order valence-corrected chi connectivity index (χ1v) is 5.07.